The Morgan fingerprint density at radius 1 is 1.16 bits per heavy atom. The Kier molecular flexibility index (Phi) is 3.88. The number of aromatic nitrogens is 3. The van der Waals surface area contributed by atoms with Crippen LogP contribution >= 0.6 is 0 Å². The molecular weight excluding hydrogens is 326 g/mol. The molecule has 3 heterocycles. The smallest absolute Gasteiger partial charge is 0.276 e. The first kappa shape index (κ1) is 16.0. The predicted molar refractivity (Wildman–Crippen MR) is 89.6 cm³/mol. The van der Waals surface area contributed by atoms with Crippen LogP contribution in [0.5, 0.6) is 0 Å². The summed E-state index contributed by atoms with van der Waals surface area (Å²) >= 11 is 0. The molecule has 5 nitrogen and oxygen atoms in total. The average Bonchev–Trinajstić information content (AvgIpc) is 2.83. The second-order valence-corrected chi connectivity index (χ2v) is 6.50. The molecule has 1 N–H and O–H groups in total. The van der Waals surface area contributed by atoms with E-state index >= 15 is 0 Å². The van der Waals surface area contributed by atoms with Gasteiger partial charge in [0, 0.05) is 43.4 Å². The summed E-state index contributed by atoms with van der Waals surface area (Å²) in [5.74, 6) is -1.67. The van der Waals surface area contributed by atoms with Gasteiger partial charge in [0.1, 0.15) is 0 Å². The lowest BCUT2D eigenvalue weighted by Crippen LogP contribution is -2.26. The summed E-state index contributed by atoms with van der Waals surface area (Å²) in [6.45, 7) is 3.80. The van der Waals surface area contributed by atoms with E-state index in [0.29, 0.717) is 31.6 Å². The summed E-state index contributed by atoms with van der Waals surface area (Å²) in [7, 11) is 0. The van der Waals surface area contributed by atoms with E-state index in [1.165, 1.54) is 10.6 Å². The van der Waals surface area contributed by atoms with E-state index in [9.17, 15) is 13.6 Å². The quantitative estimate of drug-likeness (QED) is 0.775. The van der Waals surface area contributed by atoms with Crippen LogP contribution in [0.4, 0.5) is 8.78 Å². The van der Waals surface area contributed by atoms with Crippen molar-refractivity contribution in [1.82, 2.24) is 19.5 Å². The minimum absolute atomic E-state index is 0.0530. The number of benzene rings is 1. The van der Waals surface area contributed by atoms with Crippen LogP contribution in [-0.2, 0) is 19.4 Å². The number of nitrogens with zero attached hydrogens (tertiary/aromatic N) is 3. The Labute approximate surface area is 142 Å². The number of aryl methyl sites for hydroxylation is 1. The predicted octanol–water partition coefficient (Wildman–Crippen LogP) is 2.21. The highest BCUT2D eigenvalue weighted by Crippen LogP contribution is 2.16. The molecule has 1 aliphatic heterocycles. The largest absolute Gasteiger partial charge is 0.298 e. The average molecular weight is 344 g/mol. The van der Waals surface area contributed by atoms with E-state index in [-0.39, 0.29) is 5.56 Å². The maximum atomic E-state index is 13.4. The van der Waals surface area contributed by atoms with Crippen molar-refractivity contribution in [2.45, 2.75) is 26.3 Å². The lowest BCUT2D eigenvalue weighted by atomic mass is 10.1. The van der Waals surface area contributed by atoms with Crippen LogP contribution in [0, 0.1) is 18.6 Å². The summed E-state index contributed by atoms with van der Waals surface area (Å²) in [6, 6.07) is 5.82. The maximum Gasteiger partial charge on any atom is 0.276 e. The zero-order valence-corrected chi connectivity index (χ0v) is 13.9. The third kappa shape index (κ3) is 2.95. The van der Waals surface area contributed by atoms with Gasteiger partial charge >= 0.3 is 0 Å². The van der Waals surface area contributed by atoms with Crippen LogP contribution in [0.1, 0.15) is 22.5 Å². The van der Waals surface area contributed by atoms with Crippen LogP contribution in [-0.4, -0.2) is 32.6 Å². The van der Waals surface area contributed by atoms with Crippen molar-refractivity contribution in [3.05, 3.63) is 68.8 Å². The first-order valence-electron chi connectivity index (χ1n) is 8.27. The Morgan fingerprint density at radius 2 is 1.96 bits per heavy atom. The second kappa shape index (κ2) is 6.07. The van der Waals surface area contributed by atoms with Crippen LogP contribution in [0.25, 0.3) is 5.65 Å². The van der Waals surface area contributed by atoms with E-state index in [4.69, 9.17) is 0 Å². The summed E-state index contributed by atoms with van der Waals surface area (Å²) < 4.78 is 27.9. The molecule has 130 valence electrons. The highest BCUT2D eigenvalue weighted by atomic mass is 19.2. The molecule has 25 heavy (non-hydrogen) atoms. The van der Waals surface area contributed by atoms with Gasteiger partial charge in [-0.2, -0.15) is 0 Å². The van der Waals surface area contributed by atoms with E-state index in [2.05, 4.69) is 15.0 Å². The maximum absolute atomic E-state index is 13.4. The molecule has 2 aromatic heterocycles. The number of aromatic amines is 1. The van der Waals surface area contributed by atoms with Gasteiger partial charge in [-0.15, -0.1) is 0 Å². The molecule has 0 aliphatic carbocycles. The van der Waals surface area contributed by atoms with Crippen molar-refractivity contribution in [3.63, 3.8) is 0 Å². The topological polar surface area (TPSA) is 53.4 Å². The molecule has 0 spiro atoms. The van der Waals surface area contributed by atoms with Gasteiger partial charge in [-0.05, 0) is 31.0 Å². The molecular formula is C18H18F2N4O. The lowest BCUT2D eigenvalue weighted by Gasteiger charge is -2.19. The third-order valence-electron chi connectivity index (χ3n) is 4.66. The van der Waals surface area contributed by atoms with Gasteiger partial charge in [0.2, 0.25) is 0 Å². The standard InChI is InChI=1S/C18H18F2N4O/c1-11-8-17-21-16-5-7-23(6-4-13(16)18(25)24(17)22-11)10-12-2-3-14(19)15(20)9-12/h2-3,8-9,22H,4-7,10H2,1H3. The van der Waals surface area contributed by atoms with Crippen molar-refractivity contribution in [2.24, 2.45) is 0 Å². The number of hydrogen-bond donors (Lipinski definition) is 1. The van der Waals surface area contributed by atoms with Gasteiger partial charge in [0.15, 0.2) is 17.3 Å². The van der Waals surface area contributed by atoms with Crippen LogP contribution in [0.2, 0.25) is 0 Å². The van der Waals surface area contributed by atoms with Crippen molar-refractivity contribution < 1.29 is 8.78 Å². The van der Waals surface area contributed by atoms with Crippen molar-refractivity contribution in [1.29, 1.82) is 0 Å². The fourth-order valence-electron chi connectivity index (χ4n) is 3.38. The summed E-state index contributed by atoms with van der Waals surface area (Å²) in [5.41, 5.74) is 3.75. The normalized spacial score (nSPS) is 15.3. The molecule has 1 aliphatic rings. The molecule has 0 atom stereocenters. The molecule has 0 saturated carbocycles. The zero-order chi connectivity index (χ0) is 17.6. The highest BCUT2D eigenvalue weighted by molar-refractivity contribution is 5.42. The monoisotopic (exact) mass is 344 g/mol. The van der Waals surface area contributed by atoms with Gasteiger partial charge in [-0.25, -0.2) is 18.3 Å². The molecule has 0 radical (unpaired) electrons. The van der Waals surface area contributed by atoms with Gasteiger partial charge in [0.05, 0.1) is 5.69 Å². The minimum atomic E-state index is -0.838. The highest BCUT2D eigenvalue weighted by Gasteiger charge is 2.20. The van der Waals surface area contributed by atoms with E-state index in [0.717, 1.165) is 35.1 Å². The van der Waals surface area contributed by atoms with Gasteiger partial charge in [0.25, 0.3) is 5.56 Å². The van der Waals surface area contributed by atoms with Crippen LogP contribution in [0.15, 0.2) is 29.1 Å². The Morgan fingerprint density at radius 3 is 2.76 bits per heavy atom. The Bertz CT molecular complexity index is 1010. The summed E-state index contributed by atoms with van der Waals surface area (Å²) in [5, 5.41) is 3.01. The molecule has 0 unspecified atom stereocenters. The van der Waals surface area contributed by atoms with E-state index in [1.54, 1.807) is 6.07 Å². The molecule has 7 heteroatoms. The van der Waals surface area contributed by atoms with E-state index < -0.39 is 11.6 Å². The lowest BCUT2D eigenvalue weighted by molar-refractivity contribution is 0.278. The summed E-state index contributed by atoms with van der Waals surface area (Å²) in [6.07, 6.45) is 1.25. The zero-order valence-electron chi connectivity index (χ0n) is 13.9. The second-order valence-electron chi connectivity index (χ2n) is 6.50. The molecule has 1 aromatic carbocycles. The van der Waals surface area contributed by atoms with E-state index in [1.807, 2.05) is 13.0 Å². The number of fused-ring (bicyclic) bond motifs is 2. The minimum Gasteiger partial charge on any atom is -0.298 e. The Hall–Kier alpha value is -2.54. The first-order valence-corrected chi connectivity index (χ1v) is 8.27. The Balaban J connectivity index is 1.58. The van der Waals surface area contributed by atoms with Crippen molar-refractivity contribution in [3.8, 4) is 0 Å². The van der Waals surface area contributed by atoms with Crippen LogP contribution < -0.4 is 5.56 Å². The third-order valence-corrected chi connectivity index (χ3v) is 4.66. The van der Waals surface area contributed by atoms with Gasteiger partial charge < -0.3 is 0 Å². The first-order chi connectivity index (χ1) is 12.0. The van der Waals surface area contributed by atoms with Crippen LogP contribution in [0.3, 0.4) is 0 Å². The number of rotatable bonds is 2. The number of nitrogens with one attached hydrogen (secondary N) is 1. The van der Waals surface area contributed by atoms with Crippen molar-refractivity contribution >= 4 is 5.65 Å². The number of halogens is 2. The molecule has 0 saturated heterocycles. The fraction of sp³-hybridized carbons (Fsp3) is 0.333. The van der Waals surface area contributed by atoms with Gasteiger partial charge in [-0.3, -0.25) is 14.8 Å². The number of hydrogen-bond acceptors (Lipinski definition) is 3. The molecule has 3 aromatic rings. The molecule has 4 rings (SSSR count). The molecule has 0 fully saturated rings. The van der Waals surface area contributed by atoms with Gasteiger partial charge in [-0.1, -0.05) is 6.07 Å². The molecule has 0 bridgehead atoms. The molecule has 0 amide bonds. The SMILES string of the molecule is Cc1cc2nc3c(c(=O)n2[nH]1)CCN(Cc1ccc(F)c(F)c1)CC3. The number of H-pyrrole nitrogens is 1. The fourth-order valence-corrected chi connectivity index (χ4v) is 3.38. The summed E-state index contributed by atoms with van der Waals surface area (Å²) in [4.78, 5) is 19.4. The van der Waals surface area contributed by atoms with Crippen molar-refractivity contribution in [2.75, 3.05) is 13.1 Å².